The van der Waals surface area contributed by atoms with E-state index in [0.29, 0.717) is 6.54 Å². The Morgan fingerprint density at radius 1 is 1.05 bits per heavy atom. The van der Waals surface area contributed by atoms with Crippen molar-refractivity contribution in [2.45, 2.75) is 65.2 Å². The molecule has 0 heterocycles. The van der Waals surface area contributed by atoms with Gasteiger partial charge in [-0.1, -0.05) is 52.4 Å². The van der Waals surface area contributed by atoms with Crippen LogP contribution < -0.4 is 11.1 Å². The van der Waals surface area contributed by atoms with E-state index in [4.69, 9.17) is 11.1 Å². The van der Waals surface area contributed by atoms with Crippen molar-refractivity contribution in [1.29, 1.82) is 5.41 Å². The summed E-state index contributed by atoms with van der Waals surface area (Å²) in [7, 11) is 0. The fourth-order valence-corrected chi connectivity index (χ4v) is 1.88. The summed E-state index contributed by atoms with van der Waals surface area (Å²) >= 11 is 0. The molecule has 0 aliphatic carbocycles. The normalized spacial score (nSPS) is 10.2. The summed E-state index contributed by atoms with van der Waals surface area (Å²) in [6.45, 7) is 5.58. The highest BCUT2D eigenvalue weighted by Gasteiger charge is 2.14. The third-order valence-corrected chi connectivity index (χ3v) is 3.09. The van der Waals surface area contributed by atoms with E-state index in [0.717, 1.165) is 45.1 Å². The van der Waals surface area contributed by atoms with E-state index < -0.39 is 6.03 Å². The maximum absolute atomic E-state index is 11.3. The smallest absolute Gasteiger partial charge is 0.321 e. The first-order valence-electron chi connectivity index (χ1n) is 7.52. The Hall–Kier alpha value is -1.26. The molecule has 0 aliphatic rings. The summed E-state index contributed by atoms with van der Waals surface area (Å²) in [6, 6.07) is -0.539. The second-order valence-corrected chi connectivity index (χ2v) is 4.89. The first kappa shape index (κ1) is 17.7. The molecule has 0 radical (unpaired) electrons. The number of primary amides is 1. The predicted molar refractivity (Wildman–Crippen MR) is 80.3 cm³/mol. The molecule has 0 bridgehead atoms. The molecule has 2 amide bonds. The Labute approximate surface area is 117 Å². The third-order valence-electron chi connectivity index (χ3n) is 3.09. The number of guanidine groups is 1. The van der Waals surface area contributed by atoms with Gasteiger partial charge in [0.2, 0.25) is 0 Å². The number of unbranched alkanes of at least 4 members (excludes halogenated alkanes) is 6. The van der Waals surface area contributed by atoms with Gasteiger partial charge in [-0.25, -0.2) is 4.79 Å². The summed E-state index contributed by atoms with van der Waals surface area (Å²) in [5.74, 6) is 0.139. The van der Waals surface area contributed by atoms with Gasteiger partial charge in [-0.3, -0.25) is 10.3 Å². The number of amides is 2. The third kappa shape index (κ3) is 9.33. The van der Waals surface area contributed by atoms with Crippen LogP contribution in [0.1, 0.15) is 65.2 Å². The minimum atomic E-state index is -0.539. The standard InChI is InChI=1S/C14H30N4O/c1-3-5-7-9-11-17-13(15)18(14(16)19)12-10-8-6-4-2/h3-12H2,1-2H3,(H2,15,17)(H2,16,19). The Morgan fingerprint density at radius 3 is 2.16 bits per heavy atom. The molecule has 0 aromatic heterocycles. The molecule has 0 aromatic carbocycles. The zero-order valence-corrected chi connectivity index (χ0v) is 12.5. The molecule has 0 aromatic rings. The Balaban J connectivity index is 3.88. The lowest BCUT2D eigenvalue weighted by Gasteiger charge is -2.21. The van der Waals surface area contributed by atoms with Crippen molar-refractivity contribution >= 4 is 12.0 Å². The SMILES string of the molecule is CCCCCCNC(=N)N(CCCCCC)C(N)=O. The number of nitrogens with zero attached hydrogens (tertiary/aromatic N) is 1. The summed E-state index contributed by atoms with van der Waals surface area (Å²) in [5, 5.41) is 10.8. The summed E-state index contributed by atoms with van der Waals surface area (Å²) in [5.41, 5.74) is 5.31. The van der Waals surface area contributed by atoms with Crippen LogP contribution >= 0.6 is 0 Å². The van der Waals surface area contributed by atoms with E-state index in [1.807, 2.05) is 0 Å². The average molecular weight is 270 g/mol. The molecule has 4 N–H and O–H groups in total. The predicted octanol–water partition coefficient (Wildman–Crippen LogP) is 3.05. The monoisotopic (exact) mass is 270 g/mol. The molecule has 0 fully saturated rings. The summed E-state index contributed by atoms with van der Waals surface area (Å²) in [6.07, 6.45) is 8.88. The summed E-state index contributed by atoms with van der Waals surface area (Å²) in [4.78, 5) is 12.6. The highest BCUT2D eigenvalue weighted by Crippen LogP contribution is 2.02. The van der Waals surface area contributed by atoms with Crippen LogP contribution in [0.15, 0.2) is 0 Å². The van der Waals surface area contributed by atoms with Gasteiger partial charge in [-0.2, -0.15) is 0 Å². The molecule has 5 heteroatoms. The number of urea groups is 1. The van der Waals surface area contributed by atoms with Crippen molar-refractivity contribution in [3.05, 3.63) is 0 Å². The molecule has 0 spiro atoms. The minimum Gasteiger partial charge on any atom is -0.356 e. The summed E-state index contributed by atoms with van der Waals surface area (Å²) < 4.78 is 0. The van der Waals surface area contributed by atoms with Crippen molar-refractivity contribution in [3.63, 3.8) is 0 Å². The Morgan fingerprint density at radius 2 is 1.63 bits per heavy atom. The zero-order valence-electron chi connectivity index (χ0n) is 12.5. The van der Waals surface area contributed by atoms with Crippen LogP contribution in [0.25, 0.3) is 0 Å². The van der Waals surface area contributed by atoms with Crippen LogP contribution in [-0.4, -0.2) is 30.0 Å². The average Bonchev–Trinajstić information content (AvgIpc) is 2.37. The van der Waals surface area contributed by atoms with E-state index in [1.54, 1.807) is 0 Å². The van der Waals surface area contributed by atoms with Gasteiger partial charge in [0.15, 0.2) is 5.96 Å². The fraction of sp³-hybridized carbons (Fsp3) is 0.857. The van der Waals surface area contributed by atoms with E-state index in [-0.39, 0.29) is 5.96 Å². The molecule has 0 atom stereocenters. The molecule has 0 rings (SSSR count). The largest absolute Gasteiger partial charge is 0.356 e. The second kappa shape index (κ2) is 11.8. The molecular weight excluding hydrogens is 240 g/mol. The molecular formula is C14H30N4O. The molecule has 112 valence electrons. The lowest BCUT2D eigenvalue weighted by Crippen LogP contribution is -2.47. The number of carbonyl (C=O) groups is 1. The van der Waals surface area contributed by atoms with Crippen LogP contribution in [0, 0.1) is 5.41 Å². The molecule has 19 heavy (non-hydrogen) atoms. The highest BCUT2D eigenvalue weighted by molar-refractivity contribution is 5.93. The molecule has 0 aliphatic heterocycles. The molecule has 0 saturated heterocycles. The maximum Gasteiger partial charge on any atom is 0.321 e. The van der Waals surface area contributed by atoms with Gasteiger partial charge < -0.3 is 11.1 Å². The Kier molecular flexibility index (Phi) is 11.0. The molecule has 0 saturated carbocycles. The van der Waals surface area contributed by atoms with Crippen molar-refractivity contribution < 1.29 is 4.79 Å². The van der Waals surface area contributed by atoms with Crippen LogP contribution in [0.3, 0.4) is 0 Å². The number of nitrogens with one attached hydrogen (secondary N) is 2. The Bertz CT molecular complexity index is 256. The first-order valence-corrected chi connectivity index (χ1v) is 7.52. The van der Waals surface area contributed by atoms with E-state index >= 15 is 0 Å². The quantitative estimate of drug-likeness (QED) is 0.324. The van der Waals surface area contributed by atoms with Gasteiger partial charge in [-0.15, -0.1) is 0 Å². The van der Waals surface area contributed by atoms with Gasteiger partial charge in [0.1, 0.15) is 0 Å². The zero-order chi connectivity index (χ0) is 14.5. The van der Waals surface area contributed by atoms with Crippen LogP contribution in [0.5, 0.6) is 0 Å². The lowest BCUT2D eigenvalue weighted by atomic mass is 10.2. The van der Waals surface area contributed by atoms with Crippen molar-refractivity contribution in [1.82, 2.24) is 10.2 Å². The number of carbonyl (C=O) groups excluding carboxylic acids is 1. The number of nitrogens with two attached hydrogens (primary N) is 1. The van der Waals surface area contributed by atoms with Crippen molar-refractivity contribution in [2.24, 2.45) is 5.73 Å². The van der Waals surface area contributed by atoms with Gasteiger partial charge in [0.05, 0.1) is 0 Å². The highest BCUT2D eigenvalue weighted by atomic mass is 16.2. The fourth-order valence-electron chi connectivity index (χ4n) is 1.88. The topological polar surface area (TPSA) is 82.2 Å². The number of hydrogen-bond donors (Lipinski definition) is 3. The minimum absolute atomic E-state index is 0.139. The van der Waals surface area contributed by atoms with E-state index in [1.165, 1.54) is 17.7 Å². The van der Waals surface area contributed by atoms with Gasteiger partial charge in [0.25, 0.3) is 0 Å². The van der Waals surface area contributed by atoms with Crippen LogP contribution in [-0.2, 0) is 0 Å². The van der Waals surface area contributed by atoms with Crippen molar-refractivity contribution in [2.75, 3.05) is 13.1 Å². The lowest BCUT2D eigenvalue weighted by molar-refractivity contribution is 0.227. The van der Waals surface area contributed by atoms with Gasteiger partial charge >= 0.3 is 6.03 Å². The van der Waals surface area contributed by atoms with Crippen molar-refractivity contribution in [3.8, 4) is 0 Å². The van der Waals surface area contributed by atoms with Gasteiger partial charge in [0, 0.05) is 13.1 Å². The number of rotatable bonds is 10. The number of hydrogen-bond acceptors (Lipinski definition) is 2. The van der Waals surface area contributed by atoms with E-state index in [2.05, 4.69) is 19.2 Å². The molecule has 5 nitrogen and oxygen atoms in total. The maximum atomic E-state index is 11.3. The van der Waals surface area contributed by atoms with Crippen LogP contribution in [0.2, 0.25) is 0 Å². The van der Waals surface area contributed by atoms with E-state index in [9.17, 15) is 4.79 Å². The van der Waals surface area contributed by atoms with Crippen LogP contribution in [0.4, 0.5) is 4.79 Å². The second-order valence-electron chi connectivity index (χ2n) is 4.89. The molecule has 0 unspecified atom stereocenters. The van der Waals surface area contributed by atoms with Gasteiger partial charge in [-0.05, 0) is 12.8 Å². The first-order chi connectivity index (χ1) is 9.13.